The predicted molar refractivity (Wildman–Crippen MR) is 80.9 cm³/mol. The van der Waals surface area contributed by atoms with Crippen LogP contribution in [0.15, 0.2) is 18.2 Å². The Morgan fingerprint density at radius 3 is 2.45 bits per heavy atom. The number of rotatable bonds is 2. The molecule has 1 aromatic carbocycles. The van der Waals surface area contributed by atoms with Crippen LogP contribution in [0.2, 0.25) is 0 Å². The molecule has 120 valence electrons. The van der Waals surface area contributed by atoms with Gasteiger partial charge in [0.25, 0.3) is 0 Å². The second-order valence-electron chi connectivity index (χ2n) is 6.54. The van der Waals surface area contributed by atoms with Crippen LogP contribution in [0.4, 0.5) is 8.78 Å². The first-order valence-corrected chi connectivity index (χ1v) is 7.58. The average molecular weight is 329 g/mol. The quantitative estimate of drug-likeness (QED) is 0.902. The highest BCUT2D eigenvalue weighted by Gasteiger charge is 2.48. The number of nitrogens with zero attached hydrogens (tertiary/aromatic N) is 1. The Labute approximate surface area is 134 Å². The molecule has 3 aliphatic rings. The van der Waals surface area contributed by atoms with Crippen molar-refractivity contribution >= 4 is 18.3 Å². The van der Waals surface area contributed by atoms with Crippen LogP contribution in [-0.2, 0) is 4.79 Å². The molecule has 2 heterocycles. The molecule has 4 atom stereocenters. The van der Waals surface area contributed by atoms with Gasteiger partial charge >= 0.3 is 0 Å². The summed E-state index contributed by atoms with van der Waals surface area (Å²) in [7, 11) is 0. The molecule has 2 aliphatic heterocycles. The van der Waals surface area contributed by atoms with E-state index < -0.39 is 11.6 Å². The lowest BCUT2D eigenvalue weighted by Gasteiger charge is -2.17. The zero-order valence-corrected chi connectivity index (χ0v) is 12.9. The average Bonchev–Trinajstić information content (AvgIpc) is 2.96. The molecule has 1 aromatic rings. The fraction of sp³-hybridized carbons (Fsp3) is 0.562. The Morgan fingerprint density at radius 2 is 1.82 bits per heavy atom. The number of carbonyl (C=O) groups is 1. The van der Waals surface area contributed by atoms with Gasteiger partial charge in [0.2, 0.25) is 5.91 Å². The Hall–Kier alpha value is -1.20. The highest BCUT2D eigenvalue weighted by Crippen LogP contribution is 2.49. The lowest BCUT2D eigenvalue weighted by Crippen LogP contribution is -2.33. The number of amides is 1. The first-order valence-electron chi connectivity index (χ1n) is 7.58. The van der Waals surface area contributed by atoms with E-state index in [1.165, 1.54) is 6.07 Å². The van der Waals surface area contributed by atoms with E-state index in [1.807, 2.05) is 4.90 Å². The minimum Gasteiger partial charge on any atom is -0.342 e. The van der Waals surface area contributed by atoms with Gasteiger partial charge in [-0.2, -0.15) is 0 Å². The Morgan fingerprint density at radius 1 is 1.14 bits per heavy atom. The van der Waals surface area contributed by atoms with Crippen molar-refractivity contribution in [2.24, 2.45) is 17.8 Å². The lowest BCUT2D eigenvalue weighted by atomic mass is 10.0. The van der Waals surface area contributed by atoms with Crippen LogP contribution in [0.3, 0.4) is 0 Å². The molecular weight excluding hydrogens is 310 g/mol. The van der Waals surface area contributed by atoms with E-state index in [1.54, 1.807) is 6.07 Å². The highest BCUT2D eigenvalue weighted by molar-refractivity contribution is 5.85. The van der Waals surface area contributed by atoms with Crippen LogP contribution in [0.1, 0.15) is 17.9 Å². The van der Waals surface area contributed by atoms with Crippen LogP contribution >= 0.6 is 12.4 Å². The van der Waals surface area contributed by atoms with Gasteiger partial charge in [-0.3, -0.25) is 4.79 Å². The normalized spacial score (nSPS) is 32.5. The molecule has 1 amide bonds. The number of halogens is 3. The summed E-state index contributed by atoms with van der Waals surface area (Å²) in [6, 6.07) is 3.98. The molecule has 0 radical (unpaired) electrons. The summed E-state index contributed by atoms with van der Waals surface area (Å²) >= 11 is 0. The third kappa shape index (κ3) is 2.61. The fourth-order valence-electron chi connectivity index (χ4n) is 3.85. The van der Waals surface area contributed by atoms with Gasteiger partial charge in [-0.25, -0.2) is 8.78 Å². The second kappa shape index (κ2) is 5.78. The smallest absolute Gasteiger partial charge is 0.226 e. The third-order valence-corrected chi connectivity index (χ3v) is 5.18. The van der Waals surface area contributed by atoms with Gasteiger partial charge in [0.15, 0.2) is 11.6 Å². The van der Waals surface area contributed by atoms with Crippen molar-refractivity contribution in [3.63, 3.8) is 0 Å². The molecule has 3 nitrogen and oxygen atoms in total. The van der Waals surface area contributed by atoms with Gasteiger partial charge in [0, 0.05) is 32.1 Å². The van der Waals surface area contributed by atoms with Crippen molar-refractivity contribution < 1.29 is 13.6 Å². The second-order valence-corrected chi connectivity index (χ2v) is 6.54. The minimum absolute atomic E-state index is 0. The number of carbonyl (C=O) groups excluding carboxylic acids is 1. The Balaban J connectivity index is 0.00000144. The number of nitrogens with one attached hydrogen (secondary N) is 1. The predicted octanol–water partition coefficient (Wildman–Crippen LogP) is 2.17. The molecule has 1 N–H and O–H groups in total. The van der Waals surface area contributed by atoms with Crippen molar-refractivity contribution in [2.45, 2.75) is 12.3 Å². The van der Waals surface area contributed by atoms with Crippen LogP contribution in [-0.4, -0.2) is 37.0 Å². The molecule has 2 saturated heterocycles. The molecule has 0 spiro atoms. The summed E-state index contributed by atoms with van der Waals surface area (Å²) in [4.78, 5) is 14.5. The van der Waals surface area contributed by atoms with Gasteiger partial charge in [-0.15, -0.1) is 12.4 Å². The molecular formula is C16H19ClF2N2O. The van der Waals surface area contributed by atoms with E-state index in [2.05, 4.69) is 5.32 Å². The third-order valence-electron chi connectivity index (χ3n) is 5.18. The maximum absolute atomic E-state index is 13.3. The molecule has 22 heavy (non-hydrogen) atoms. The van der Waals surface area contributed by atoms with Crippen molar-refractivity contribution in [1.29, 1.82) is 0 Å². The lowest BCUT2D eigenvalue weighted by molar-refractivity contribution is -0.131. The zero-order valence-electron chi connectivity index (χ0n) is 12.1. The summed E-state index contributed by atoms with van der Waals surface area (Å²) in [6.45, 7) is 3.70. The maximum atomic E-state index is 13.3. The van der Waals surface area contributed by atoms with Gasteiger partial charge in [-0.05, 0) is 41.9 Å². The van der Waals surface area contributed by atoms with Crippen LogP contribution in [0.25, 0.3) is 0 Å². The number of hydrogen-bond acceptors (Lipinski definition) is 2. The van der Waals surface area contributed by atoms with Crippen molar-refractivity contribution in [3.8, 4) is 0 Å². The summed E-state index contributed by atoms with van der Waals surface area (Å²) in [6.07, 6.45) is 0.758. The molecule has 3 fully saturated rings. The van der Waals surface area contributed by atoms with Crippen molar-refractivity contribution in [1.82, 2.24) is 10.2 Å². The highest BCUT2D eigenvalue weighted by atomic mass is 35.5. The molecule has 6 heteroatoms. The molecule has 0 bridgehead atoms. The molecule has 1 aliphatic carbocycles. The van der Waals surface area contributed by atoms with E-state index in [0.717, 1.165) is 44.2 Å². The molecule has 0 aromatic heterocycles. The zero-order chi connectivity index (χ0) is 14.6. The fourth-order valence-corrected chi connectivity index (χ4v) is 3.85. The van der Waals surface area contributed by atoms with Crippen LogP contribution in [0, 0.1) is 29.4 Å². The topological polar surface area (TPSA) is 32.3 Å². The van der Waals surface area contributed by atoms with Crippen molar-refractivity contribution in [2.75, 3.05) is 26.2 Å². The first kappa shape index (κ1) is 15.7. The number of hydrogen-bond donors (Lipinski definition) is 1. The molecule has 1 saturated carbocycles. The van der Waals surface area contributed by atoms with Crippen molar-refractivity contribution in [3.05, 3.63) is 35.4 Å². The standard InChI is InChI=1S/C16H18F2N2O.ClH/c17-14-2-1-9(3-15(14)18)12-4-13(12)16(21)20-7-10-5-19-6-11(10)8-20;/h1-3,10-13,19H,4-8H2;1H/t10-,11+,12?,13?;. The Bertz CT molecular complexity index is 586. The van der Waals surface area contributed by atoms with Crippen LogP contribution in [0.5, 0.6) is 0 Å². The summed E-state index contributed by atoms with van der Waals surface area (Å²) < 4.78 is 26.2. The molecule has 4 rings (SSSR count). The minimum atomic E-state index is -0.831. The number of fused-ring (bicyclic) bond motifs is 1. The monoisotopic (exact) mass is 328 g/mol. The van der Waals surface area contributed by atoms with E-state index in [4.69, 9.17) is 0 Å². The SMILES string of the molecule is Cl.O=C(C1CC1c1ccc(F)c(F)c1)N1C[C@H]2CNC[C@H]2C1. The van der Waals surface area contributed by atoms with Gasteiger partial charge in [0.1, 0.15) is 0 Å². The van der Waals surface area contributed by atoms with Crippen LogP contribution < -0.4 is 5.32 Å². The number of likely N-dealkylation sites (tertiary alicyclic amines) is 1. The summed E-state index contributed by atoms with van der Waals surface area (Å²) in [5.74, 6) is -0.259. The van der Waals surface area contributed by atoms with E-state index >= 15 is 0 Å². The van der Waals surface area contributed by atoms with Gasteiger partial charge in [0.05, 0.1) is 0 Å². The molecule has 2 unspecified atom stereocenters. The van der Waals surface area contributed by atoms with E-state index in [0.29, 0.717) is 11.8 Å². The Kier molecular flexibility index (Phi) is 4.12. The largest absolute Gasteiger partial charge is 0.342 e. The number of benzene rings is 1. The van der Waals surface area contributed by atoms with Gasteiger partial charge in [-0.1, -0.05) is 6.07 Å². The van der Waals surface area contributed by atoms with E-state index in [9.17, 15) is 13.6 Å². The van der Waals surface area contributed by atoms with E-state index in [-0.39, 0.29) is 30.2 Å². The summed E-state index contributed by atoms with van der Waals surface area (Å²) in [5, 5.41) is 3.36. The van der Waals surface area contributed by atoms with Gasteiger partial charge < -0.3 is 10.2 Å². The summed E-state index contributed by atoms with van der Waals surface area (Å²) in [5.41, 5.74) is 0.744. The maximum Gasteiger partial charge on any atom is 0.226 e. The first-order chi connectivity index (χ1) is 10.1.